The number of hydrogen-bond donors (Lipinski definition) is 3. The molecule has 0 aromatic heterocycles. The minimum Gasteiger partial charge on any atom is -0.504 e. The van der Waals surface area contributed by atoms with Crippen LogP contribution in [0.2, 0.25) is 0 Å². The minimum atomic E-state index is -0.0265. The second-order valence-corrected chi connectivity index (χ2v) is 5.65. The maximum Gasteiger partial charge on any atom is 0.162 e. The highest BCUT2D eigenvalue weighted by Crippen LogP contribution is 2.38. The molecule has 0 amide bonds. The zero-order chi connectivity index (χ0) is 13.8. The molecule has 1 aromatic rings. The monoisotopic (exact) mass is 336 g/mol. The van der Waals surface area contributed by atoms with Gasteiger partial charge in [-0.1, -0.05) is 26.0 Å². The second kappa shape index (κ2) is 9.36. The van der Waals surface area contributed by atoms with E-state index in [1.165, 1.54) is 6.07 Å². The fourth-order valence-corrected chi connectivity index (χ4v) is 2.73. The molecule has 2 rings (SSSR count). The van der Waals surface area contributed by atoms with E-state index in [4.69, 9.17) is 0 Å². The van der Waals surface area contributed by atoms with E-state index in [0.29, 0.717) is 5.92 Å². The third-order valence-electron chi connectivity index (χ3n) is 3.69. The highest BCUT2D eigenvalue weighted by Gasteiger charge is 2.26. The molecule has 1 atom stereocenters. The molecule has 0 radical (unpaired) electrons. The van der Waals surface area contributed by atoms with E-state index in [0.717, 1.165) is 38.2 Å². The number of aromatic hydroxyl groups is 2. The molecule has 4 nitrogen and oxygen atoms in total. The van der Waals surface area contributed by atoms with Gasteiger partial charge in [0.2, 0.25) is 0 Å². The van der Waals surface area contributed by atoms with Gasteiger partial charge in [0.1, 0.15) is 0 Å². The van der Waals surface area contributed by atoms with Crippen LogP contribution < -0.4 is 5.32 Å². The molecule has 1 saturated heterocycles. The number of benzene rings is 1. The zero-order valence-corrected chi connectivity index (χ0v) is 14.2. The van der Waals surface area contributed by atoms with E-state index in [-0.39, 0.29) is 42.4 Å². The molecule has 6 heteroatoms. The normalized spacial score (nSPS) is 16.9. The van der Waals surface area contributed by atoms with Crippen molar-refractivity contribution in [2.24, 2.45) is 5.92 Å². The maximum atomic E-state index is 10.1. The fourth-order valence-electron chi connectivity index (χ4n) is 2.73. The molecule has 1 aliphatic rings. The summed E-state index contributed by atoms with van der Waals surface area (Å²) in [5.41, 5.74) is 0.843. The Balaban J connectivity index is 0.00000200. The Kier molecular flexibility index (Phi) is 9.06. The summed E-state index contributed by atoms with van der Waals surface area (Å²) in [6, 6.07) is 5.43. The largest absolute Gasteiger partial charge is 0.504 e. The molecular formula is C15H26Cl2N2O2. The molecule has 0 saturated carbocycles. The molecule has 3 N–H and O–H groups in total. The molecule has 0 unspecified atom stereocenters. The van der Waals surface area contributed by atoms with E-state index in [9.17, 15) is 10.2 Å². The number of nitrogens with zero attached hydrogens (tertiary/aromatic N) is 1. The van der Waals surface area contributed by atoms with Gasteiger partial charge in [-0.05, 0) is 18.4 Å². The van der Waals surface area contributed by atoms with Gasteiger partial charge < -0.3 is 15.5 Å². The molecule has 0 aliphatic carbocycles. The number of rotatable bonds is 4. The molecule has 1 aliphatic heterocycles. The van der Waals surface area contributed by atoms with E-state index in [2.05, 4.69) is 24.1 Å². The van der Waals surface area contributed by atoms with Crippen LogP contribution in [0.15, 0.2) is 18.2 Å². The van der Waals surface area contributed by atoms with Crippen molar-refractivity contribution in [3.05, 3.63) is 23.8 Å². The summed E-state index contributed by atoms with van der Waals surface area (Å²) in [7, 11) is 0. The van der Waals surface area contributed by atoms with Crippen molar-refractivity contribution in [3.8, 4) is 11.5 Å². The van der Waals surface area contributed by atoms with Crippen LogP contribution in [0, 0.1) is 5.92 Å². The molecule has 122 valence electrons. The lowest BCUT2D eigenvalue weighted by Gasteiger charge is -2.36. The van der Waals surface area contributed by atoms with E-state index in [1.807, 2.05) is 6.07 Å². The highest BCUT2D eigenvalue weighted by atomic mass is 35.5. The molecular weight excluding hydrogens is 311 g/mol. The summed E-state index contributed by atoms with van der Waals surface area (Å²) >= 11 is 0. The van der Waals surface area contributed by atoms with Gasteiger partial charge in [-0.2, -0.15) is 0 Å². The zero-order valence-electron chi connectivity index (χ0n) is 12.6. The predicted molar refractivity (Wildman–Crippen MR) is 90.9 cm³/mol. The Morgan fingerprint density at radius 2 is 1.76 bits per heavy atom. The molecule has 1 heterocycles. The first-order valence-electron chi connectivity index (χ1n) is 7.05. The van der Waals surface area contributed by atoms with Crippen LogP contribution in [0.5, 0.6) is 11.5 Å². The number of para-hydroxylation sites is 1. The third kappa shape index (κ3) is 5.22. The average Bonchev–Trinajstić information content (AvgIpc) is 2.40. The van der Waals surface area contributed by atoms with Crippen LogP contribution >= 0.6 is 24.8 Å². The first kappa shape index (κ1) is 20.3. The Hall–Kier alpha value is -0.680. The number of nitrogens with one attached hydrogen (secondary N) is 1. The summed E-state index contributed by atoms with van der Waals surface area (Å²) in [6.07, 6.45) is 0.983. The van der Waals surface area contributed by atoms with Gasteiger partial charge >= 0.3 is 0 Å². The molecule has 0 bridgehead atoms. The van der Waals surface area contributed by atoms with Crippen molar-refractivity contribution in [3.63, 3.8) is 0 Å². The van der Waals surface area contributed by atoms with Crippen molar-refractivity contribution in [1.29, 1.82) is 0 Å². The third-order valence-corrected chi connectivity index (χ3v) is 3.69. The first-order chi connectivity index (χ1) is 9.09. The van der Waals surface area contributed by atoms with Gasteiger partial charge in [-0.25, -0.2) is 0 Å². The highest BCUT2D eigenvalue weighted by molar-refractivity contribution is 5.85. The fraction of sp³-hybridized carbons (Fsp3) is 0.600. The van der Waals surface area contributed by atoms with Gasteiger partial charge in [-0.3, -0.25) is 4.90 Å². The summed E-state index contributed by atoms with van der Waals surface area (Å²) in [4.78, 5) is 2.39. The maximum absolute atomic E-state index is 10.1. The van der Waals surface area contributed by atoms with Crippen LogP contribution in [0.4, 0.5) is 0 Å². The van der Waals surface area contributed by atoms with Crippen molar-refractivity contribution in [1.82, 2.24) is 10.2 Å². The van der Waals surface area contributed by atoms with Gasteiger partial charge in [0.15, 0.2) is 11.5 Å². The molecule has 1 fully saturated rings. The number of halogens is 2. The van der Waals surface area contributed by atoms with Crippen molar-refractivity contribution < 1.29 is 10.2 Å². The number of hydrogen-bond acceptors (Lipinski definition) is 4. The molecule has 21 heavy (non-hydrogen) atoms. The Morgan fingerprint density at radius 3 is 2.33 bits per heavy atom. The van der Waals surface area contributed by atoms with Crippen LogP contribution in [0.25, 0.3) is 0 Å². The Morgan fingerprint density at radius 1 is 1.14 bits per heavy atom. The summed E-state index contributed by atoms with van der Waals surface area (Å²) in [5.74, 6) is 0.551. The van der Waals surface area contributed by atoms with Crippen LogP contribution in [0.3, 0.4) is 0 Å². The lowest BCUT2D eigenvalue weighted by molar-refractivity contribution is 0.151. The Bertz CT molecular complexity index is 424. The number of phenolic OH excluding ortho intramolecular Hbond substituents is 2. The average molecular weight is 337 g/mol. The van der Waals surface area contributed by atoms with Crippen LogP contribution in [0.1, 0.15) is 31.9 Å². The second-order valence-electron chi connectivity index (χ2n) is 5.65. The van der Waals surface area contributed by atoms with E-state index < -0.39 is 0 Å². The lowest BCUT2D eigenvalue weighted by atomic mass is 9.94. The summed E-state index contributed by atoms with van der Waals surface area (Å²) < 4.78 is 0. The van der Waals surface area contributed by atoms with Gasteiger partial charge in [-0.15, -0.1) is 24.8 Å². The predicted octanol–water partition coefficient (Wildman–Crippen LogP) is 2.93. The summed E-state index contributed by atoms with van der Waals surface area (Å²) in [6.45, 7) is 8.30. The van der Waals surface area contributed by atoms with Crippen LogP contribution in [-0.2, 0) is 0 Å². The lowest BCUT2D eigenvalue weighted by Crippen LogP contribution is -2.45. The quantitative estimate of drug-likeness (QED) is 0.740. The van der Waals surface area contributed by atoms with E-state index >= 15 is 0 Å². The molecule has 0 spiro atoms. The number of phenols is 2. The van der Waals surface area contributed by atoms with Gasteiger partial charge in [0.25, 0.3) is 0 Å². The van der Waals surface area contributed by atoms with Crippen molar-refractivity contribution in [2.45, 2.75) is 26.3 Å². The SMILES string of the molecule is CC(C)C[C@H](c1cccc(O)c1O)N1CCNCC1.Cl.Cl. The topological polar surface area (TPSA) is 55.7 Å². The molecule has 1 aromatic carbocycles. The van der Waals surface area contributed by atoms with Crippen molar-refractivity contribution >= 4 is 24.8 Å². The summed E-state index contributed by atoms with van der Waals surface area (Å²) in [5, 5.41) is 23.2. The van der Waals surface area contributed by atoms with Crippen LogP contribution in [-0.4, -0.2) is 41.3 Å². The van der Waals surface area contributed by atoms with Gasteiger partial charge in [0.05, 0.1) is 0 Å². The van der Waals surface area contributed by atoms with Crippen molar-refractivity contribution in [2.75, 3.05) is 26.2 Å². The first-order valence-corrected chi connectivity index (χ1v) is 7.05. The smallest absolute Gasteiger partial charge is 0.162 e. The minimum absolute atomic E-state index is 0. The van der Waals surface area contributed by atoms with E-state index in [1.54, 1.807) is 6.07 Å². The number of piperazine rings is 1. The standard InChI is InChI=1S/C15H24N2O2.2ClH/c1-11(2)10-13(17-8-6-16-7-9-17)12-4-3-5-14(18)15(12)19;;/h3-5,11,13,16,18-19H,6-10H2,1-2H3;2*1H/t13-;;/m1../s1. The van der Waals surface area contributed by atoms with Gasteiger partial charge in [0, 0.05) is 37.8 Å². The Labute approximate surface area is 139 Å².